The van der Waals surface area contributed by atoms with Crippen LogP contribution in [0, 0.1) is 11.3 Å². The Balaban J connectivity index is 1.94. The van der Waals surface area contributed by atoms with Gasteiger partial charge >= 0.3 is 5.97 Å². The van der Waals surface area contributed by atoms with E-state index in [4.69, 9.17) is 9.47 Å². The van der Waals surface area contributed by atoms with Crippen LogP contribution >= 0.6 is 0 Å². The summed E-state index contributed by atoms with van der Waals surface area (Å²) in [4.78, 5) is 11.7. The van der Waals surface area contributed by atoms with Gasteiger partial charge in [-0.05, 0) is 38.5 Å². The first-order valence-corrected chi connectivity index (χ1v) is 6.97. The highest BCUT2D eigenvalue weighted by atomic mass is 16.6. The summed E-state index contributed by atoms with van der Waals surface area (Å²) in [5, 5.41) is 0. The maximum Gasteiger partial charge on any atom is 0.306 e. The maximum atomic E-state index is 11.7. The number of hydrogen-bond acceptors (Lipinski definition) is 3. The monoisotopic (exact) mass is 240 g/mol. The van der Waals surface area contributed by atoms with Crippen LogP contribution in [0.1, 0.15) is 52.4 Å². The normalized spacial score (nSPS) is 36.6. The summed E-state index contributed by atoms with van der Waals surface area (Å²) in [6.45, 7) is 5.46. The molecular weight excluding hydrogens is 216 g/mol. The number of epoxide rings is 1. The third-order valence-corrected chi connectivity index (χ3v) is 4.50. The second-order valence-corrected chi connectivity index (χ2v) is 5.52. The van der Waals surface area contributed by atoms with E-state index in [1.807, 2.05) is 6.92 Å². The third kappa shape index (κ3) is 3.01. The van der Waals surface area contributed by atoms with Crippen LogP contribution in [-0.2, 0) is 14.3 Å². The Kier molecular flexibility index (Phi) is 4.08. The molecule has 0 aromatic rings. The second-order valence-electron chi connectivity index (χ2n) is 5.52. The fraction of sp³-hybridized carbons (Fsp3) is 0.929. The molecular formula is C14H24O3. The minimum absolute atomic E-state index is 0.0436. The molecule has 0 bridgehead atoms. The average molecular weight is 240 g/mol. The number of carbonyl (C=O) groups excluding carboxylic acids is 1. The third-order valence-electron chi connectivity index (χ3n) is 4.50. The van der Waals surface area contributed by atoms with Gasteiger partial charge in [-0.3, -0.25) is 4.79 Å². The minimum Gasteiger partial charge on any atom is -0.466 e. The van der Waals surface area contributed by atoms with E-state index >= 15 is 0 Å². The lowest BCUT2D eigenvalue weighted by Gasteiger charge is -2.38. The molecule has 0 aromatic carbocycles. The Morgan fingerprint density at radius 3 is 2.47 bits per heavy atom. The molecule has 0 radical (unpaired) electrons. The van der Waals surface area contributed by atoms with E-state index in [1.54, 1.807) is 0 Å². The summed E-state index contributed by atoms with van der Waals surface area (Å²) in [5.74, 6) is 0.807. The van der Waals surface area contributed by atoms with Crippen LogP contribution in [0.2, 0.25) is 0 Å². The Morgan fingerprint density at radius 1 is 1.35 bits per heavy atom. The van der Waals surface area contributed by atoms with Gasteiger partial charge in [0.05, 0.1) is 25.7 Å². The van der Waals surface area contributed by atoms with Gasteiger partial charge in [-0.2, -0.15) is 0 Å². The SMILES string of the molecule is CCOC(=O)CC1(C2CO2)CCC(CC)CC1. The second kappa shape index (κ2) is 5.38. The zero-order valence-electron chi connectivity index (χ0n) is 11.0. The van der Waals surface area contributed by atoms with Crippen LogP contribution in [-0.4, -0.2) is 25.3 Å². The smallest absolute Gasteiger partial charge is 0.306 e. The highest BCUT2D eigenvalue weighted by Gasteiger charge is 2.49. The van der Waals surface area contributed by atoms with Crippen molar-refractivity contribution in [3.63, 3.8) is 0 Å². The van der Waals surface area contributed by atoms with Crippen molar-refractivity contribution in [2.45, 2.75) is 58.5 Å². The van der Waals surface area contributed by atoms with Crippen molar-refractivity contribution in [3.05, 3.63) is 0 Å². The standard InChI is InChI=1S/C14H24O3/c1-3-11-5-7-14(8-6-11,12-10-17-12)9-13(15)16-4-2/h11-12H,3-10H2,1-2H3. The Labute approximate surface area is 104 Å². The van der Waals surface area contributed by atoms with Crippen molar-refractivity contribution in [1.29, 1.82) is 0 Å². The molecule has 1 heterocycles. The molecule has 2 rings (SSSR count). The molecule has 2 aliphatic rings. The average Bonchev–Trinajstić information content (AvgIpc) is 3.14. The number of esters is 1. The summed E-state index contributed by atoms with van der Waals surface area (Å²) in [7, 11) is 0. The zero-order chi connectivity index (χ0) is 12.3. The zero-order valence-corrected chi connectivity index (χ0v) is 11.0. The van der Waals surface area contributed by atoms with E-state index in [1.165, 1.54) is 19.3 Å². The van der Waals surface area contributed by atoms with Crippen LogP contribution in [0.4, 0.5) is 0 Å². The first kappa shape index (κ1) is 12.9. The highest BCUT2D eigenvalue weighted by Crippen LogP contribution is 2.49. The van der Waals surface area contributed by atoms with E-state index in [9.17, 15) is 4.79 Å². The first-order chi connectivity index (χ1) is 8.20. The molecule has 3 nitrogen and oxygen atoms in total. The van der Waals surface area contributed by atoms with Gasteiger partial charge < -0.3 is 9.47 Å². The lowest BCUT2D eigenvalue weighted by atomic mass is 9.66. The summed E-state index contributed by atoms with van der Waals surface area (Å²) < 4.78 is 10.6. The van der Waals surface area contributed by atoms with Crippen molar-refractivity contribution >= 4 is 5.97 Å². The van der Waals surface area contributed by atoms with Gasteiger partial charge in [-0.25, -0.2) is 0 Å². The van der Waals surface area contributed by atoms with Crippen molar-refractivity contribution < 1.29 is 14.3 Å². The Hall–Kier alpha value is -0.570. The van der Waals surface area contributed by atoms with E-state index < -0.39 is 0 Å². The van der Waals surface area contributed by atoms with Crippen molar-refractivity contribution in [2.75, 3.05) is 13.2 Å². The molecule has 3 heteroatoms. The van der Waals surface area contributed by atoms with Gasteiger partial charge in [-0.15, -0.1) is 0 Å². The predicted molar refractivity (Wildman–Crippen MR) is 65.7 cm³/mol. The predicted octanol–water partition coefficient (Wildman–Crippen LogP) is 2.93. The molecule has 0 aromatic heterocycles. The topological polar surface area (TPSA) is 38.8 Å². The Morgan fingerprint density at radius 2 is 2.00 bits per heavy atom. The largest absolute Gasteiger partial charge is 0.466 e. The molecule has 2 fully saturated rings. The van der Waals surface area contributed by atoms with E-state index in [0.29, 0.717) is 19.1 Å². The quantitative estimate of drug-likeness (QED) is 0.548. The minimum atomic E-state index is -0.0436. The summed E-state index contributed by atoms with van der Waals surface area (Å²) in [5.41, 5.74) is 0.0952. The van der Waals surface area contributed by atoms with Gasteiger partial charge in [0, 0.05) is 5.41 Å². The molecule has 0 amide bonds. The summed E-state index contributed by atoms with van der Waals surface area (Å²) in [6.07, 6.45) is 6.91. The lowest BCUT2D eigenvalue weighted by molar-refractivity contribution is -0.147. The van der Waals surface area contributed by atoms with Gasteiger partial charge in [-0.1, -0.05) is 13.3 Å². The van der Waals surface area contributed by atoms with Crippen LogP contribution < -0.4 is 0 Å². The van der Waals surface area contributed by atoms with Crippen molar-refractivity contribution in [3.8, 4) is 0 Å². The molecule has 0 spiro atoms. The molecule has 1 aliphatic heterocycles. The molecule has 98 valence electrons. The van der Waals surface area contributed by atoms with E-state index in [2.05, 4.69) is 6.92 Å². The van der Waals surface area contributed by atoms with E-state index in [0.717, 1.165) is 25.4 Å². The number of carbonyl (C=O) groups is 1. The highest BCUT2D eigenvalue weighted by molar-refractivity contribution is 5.70. The molecule has 1 unspecified atom stereocenters. The fourth-order valence-corrected chi connectivity index (χ4v) is 3.17. The molecule has 17 heavy (non-hydrogen) atoms. The summed E-state index contributed by atoms with van der Waals surface area (Å²) >= 11 is 0. The van der Waals surface area contributed by atoms with Crippen LogP contribution in [0.15, 0.2) is 0 Å². The maximum absolute atomic E-state index is 11.7. The number of rotatable bonds is 5. The van der Waals surface area contributed by atoms with Crippen molar-refractivity contribution in [1.82, 2.24) is 0 Å². The number of hydrogen-bond donors (Lipinski definition) is 0. The van der Waals surface area contributed by atoms with Gasteiger partial charge in [0.2, 0.25) is 0 Å². The van der Waals surface area contributed by atoms with Crippen LogP contribution in [0.5, 0.6) is 0 Å². The molecule has 1 atom stereocenters. The molecule has 1 saturated heterocycles. The first-order valence-electron chi connectivity index (χ1n) is 6.97. The van der Waals surface area contributed by atoms with Crippen LogP contribution in [0.3, 0.4) is 0 Å². The fourth-order valence-electron chi connectivity index (χ4n) is 3.17. The van der Waals surface area contributed by atoms with Gasteiger partial charge in [0.25, 0.3) is 0 Å². The van der Waals surface area contributed by atoms with Crippen molar-refractivity contribution in [2.24, 2.45) is 11.3 Å². The molecule has 1 saturated carbocycles. The van der Waals surface area contributed by atoms with E-state index in [-0.39, 0.29) is 11.4 Å². The number of ether oxygens (including phenoxy) is 2. The van der Waals surface area contributed by atoms with Gasteiger partial charge in [0.15, 0.2) is 0 Å². The molecule has 0 N–H and O–H groups in total. The summed E-state index contributed by atoms with van der Waals surface area (Å²) in [6, 6.07) is 0. The van der Waals surface area contributed by atoms with Gasteiger partial charge in [0.1, 0.15) is 0 Å². The van der Waals surface area contributed by atoms with Crippen LogP contribution in [0.25, 0.3) is 0 Å². The Bertz CT molecular complexity index is 263. The lowest BCUT2D eigenvalue weighted by Crippen LogP contribution is -2.35. The molecule has 1 aliphatic carbocycles.